The van der Waals surface area contributed by atoms with Gasteiger partial charge in [-0.1, -0.05) is 20.8 Å². The Hall–Kier alpha value is -1.40. The number of aliphatic hydroxyl groups excluding tert-OH is 1. The van der Waals surface area contributed by atoms with Crippen LogP contribution in [-0.2, 0) is 5.41 Å². The third kappa shape index (κ3) is 5.40. The number of anilines is 2. The zero-order valence-electron chi connectivity index (χ0n) is 12.2. The number of aromatic nitrogens is 2. The SMILES string of the molecule is CC(O)CCCNc1cc(NN)nc(C(C)(C)C)n1. The molecule has 0 bridgehead atoms. The Labute approximate surface area is 114 Å². The van der Waals surface area contributed by atoms with Crippen LogP contribution in [-0.4, -0.2) is 27.7 Å². The topological polar surface area (TPSA) is 96.1 Å². The maximum Gasteiger partial charge on any atom is 0.145 e. The fraction of sp³-hybridized carbons (Fsp3) is 0.692. The van der Waals surface area contributed by atoms with E-state index in [1.807, 2.05) is 0 Å². The van der Waals surface area contributed by atoms with E-state index in [0.717, 1.165) is 31.0 Å². The predicted octanol–water partition coefficient (Wildman–Crippen LogP) is 1.63. The number of hydrogen-bond donors (Lipinski definition) is 4. The molecule has 0 saturated carbocycles. The molecule has 1 unspecified atom stereocenters. The second-order valence-corrected chi connectivity index (χ2v) is 5.77. The first kappa shape index (κ1) is 15.7. The van der Waals surface area contributed by atoms with Crippen molar-refractivity contribution in [2.75, 3.05) is 17.3 Å². The van der Waals surface area contributed by atoms with Crippen molar-refractivity contribution in [2.24, 2.45) is 5.84 Å². The second kappa shape index (κ2) is 6.68. The van der Waals surface area contributed by atoms with Gasteiger partial charge < -0.3 is 15.8 Å². The summed E-state index contributed by atoms with van der Waals surface area (Å²) in [4.78, 5) is 8.84. The quantitative estimate of drug-likeness (QED) is 0.355. The van der Waals surface area contributed by atoms with Crippen LogP contribution in [0, 0.1) is 0 Å². The second-order valence-electron chi connectivity index (χ2n) is 5.77. The molecule has 0 amide bonds. The van der Waals surface area contributed by atoms with E-state index < -0.39 is 0 Å². The van der Waals surface area contributed by atoms with Crippen molar-refractivity contribution >= 4 is 11.6 Å². The summed E-state index contributed by atoms with van der Waals surface area (Å²) in [5, 5.41) is 12.4. The van der Waals surface area contributed by atoms with Gasteiger partial charge in [-0.2, -0.15) is 0 Å². The van der Waals surface area contributed by atoms with Crippen molar-refractivity contribution < 1.29 is 5.11 Å². The highest BCUT2D eigenvalue weighted by molar-refractivity contribution is 5.47. The molecule has 0 radical (unpaired) electrons. The Kier molecular flexibility index (Phi) is 5.50. The van der Waals surface area contributed by atoms with Gasteiger partial charge in [0.2, 0.25) is 0 Å². The van der Waals surface area contributed by atoms with E-state index in [4.69, 9.17) is 5.84 Å². The third-order valence-corrected chi connectivity index (χ3v) is 2.65. The van der Waals surface area contributed by atoms with Crippen molar-refractivity contribution in [3.63, 3.8) is 0 Å². The Bertz CT molecular complexity index is 401. The van der Waals surface area contributed by atoms with Crippen molar-refractivity contribution in [3.05, 3.63) is 11.9 Å². The van der Waals surface area contributed by atoms with Crippen LogP contribution in [0.15, 0.2) is 6.07 Å². The summed E-state index contributed by atoms with van der Waals surface area (Å²) in [6.07, 6.45) is 1.39. The van der Waals surface area contributed by atoms with Gasteiger partial charge in [-0.15, -0.1) is 0 Å². The van der Waals surface area contributed by atoms with Crippen LogP contribution in [0.25, 0.3) is 0 Å². The monoisotopic (exact) mass is 267 g/mol. The largest absolute Gasteiger partial charge is 0.393 e. The van der Waals surface area contributed by atoms with Crippen LogP contribution >= 0.6 is 0 Å². The molecule has 1 heterocycles. The molecular weight excluding hydrogens is 242 g/mol. The highest BCUT2D eigenvalue weighted by atomic mass is 16.3. The molecule has 0 aromatic carbocycles. The molecule has 1 rings (SSSR count). The molecule has 1 aromatic heterocycles. The van der Waals surface area contributed by atoms with Crippen LogP contribution in [0.5, 0.6) is 0 Å². The number of nitrogens with one attached hydrogen (secondary N) is 2. The maximum atomic E-state index is 9.20. The van der Waals surface area contributed by atoms with Gasteiger partial charge in [0.05, 0.1) is 6.10 Å². The molecule has 6 nitrogen and oxygen atoms in total. The van der Waals surface area contributed by atoms with Gasteiger partial charge in [0.1, 0.15) is 17.5 Å². The molecule has 0 saturated heterocycles. The fourth-order valence-electron chi connectivity index (χ4n) is 1.56. The molecule has 0 aliphatic carbocycles. The number of nitrogens with two attached hydrogens (primary N) is 1. The molecule has 0 aliphatic rings. The highest BCUT2D eigenvalue weighted by Crippen LogP contribution is 2.21. The minimum absolute atomic E-state index is 0.136. The Balaban J connectivity index is 2.72. The first-order valence-corrected chi connectivity index (χ1v) is 6.61. The summed E-state index contributed by atoms with van der Waals surface area (Å²) < 4.78 is 0. The van der Waals surface area contributed by atoms with Crippen molar-refractivity contribution in [3.8, 4) is 0 Å². The lowest BCUT2D eigenvalue weighted by Gasteiger charge is -2.18. The summed E-state index contributed by atoms with van der Waals surface area (Å²) >= 11 is 0. The van der Waals surface area contributed by atoms with Crippen LogP contribution in [0.3, 0.4) is 0 Å². The number of hydrazine groups is 1. The number of nitrogens with zero attached hydrogens (tertiary/aromatic N) is 2. The molecule has 0 fully saturated rings. The molecular formula is C13H25N5O. The molecule has 0 spiro atoms. The van der Waals surface area contributed by atoms with Crippen LogP contribution in [0.1, 0.15) is 46.4 Å². The van der Waals surface area contributed by atoms with E-state index in [1.165, 1.54) is 0 Å². The zero-order chi connectivity index (χ0) is 14.5. The standard InChI is InChI=1S/C13H25N5O/c1-9(19)6-5-7-15-10-8-11(18-14)17-12(16-10)13(2,3)4/h8-9,19H,5-7,14H2,1-4H3,(H2,15,16,17,18). The molecule has 0 aliphatic heterocycles. The van der Waals surface area contributed by atoms with Gasteiger partial charge in [-0.25, -0.2) is 15.8 Å². The molecule has 6 heteroatoms. The van der Waals surface area contributed by atoms with Gasteiger partial charge in [0, 0.05) is 18.0 Å². The number of rotatable bonds is 6. The number of nitrogen functional groups attached to an aromatic ring is 1. The summed E-state index contributed by atoms with van der Waals surface area (Å²) in [5.74, 6) is 7.51. The summed E-state index contributed by atoms with van der Waals surface area (Å²) in [7, 11) is 0. The Morgan fingerprint density at radius 3 is 2.47 bits per heavy atom. The molecule has 19 heavy (non-hydrogen) atoms. The fourth-order valence-corrected chi connectivity index (χ4v) is 1.56. The van der Waals surface area contributed by atoms with E-state index in [9.17, 15) is 5.11 Å². The minimum Gasteiger partial charge on any atom is -0.393 e. The summed E-state index contributed by atoms with van der Waals surface area (Å²) in [5.41, 5.74) is 2.42. The van der Waals surface area contributed by atoms with Gasteiger partial charge in [0.25, 0.3) is 0 Å². The zero-order valence-corrected chi connectivity index (χ0v) is 12.2. The lowest BCUT2D eigenvalue weighted by Crippen LogP contribution is -2.20. The van der Waals surface area contributed by atoms with Crippen LogP contribution in [0.2, 0.25) is 0 Å². The lowest BCUT2D eigenvalue weighted by molar-refractivity contribution is 0.183. The van der Waals surface area contributed by atoms with Crippen molar-refractivity contribution in [2.45, 2.75) is 52.1 Å². The first-order valence-electron chi connectivity index (χ1n) is 6.61. The molecule has 1 atom stereocenters. The minimum atomic E-state index is -0.265. The lowest BCUT2D eigenvalue weighted by atomic mass is 9.96. The van der Waals surface area contributed by atoms with E-state index in [0.29, 0.717) is 5.82 Å². The average Bonchev–Trinajstić information content (AvgIpc) is 2.33. The molecule has 1 aromatic rings. The van der Waals surface area contributed by atoms with Gasteiger partial charge in [-0.05, 0) is 19.8 Å². The smallest absolute Gasteiger partial charge is 0.145 e. The van der Waals surface area contributed by atoms with Crippen molar-refractivity contribution in [1.82, 2.24) is 9.97 Å². The molecule has 108 valence electrons. The van der Waals surface area contributed by atoms with Crippen LogP contribution < -0.4 is 16.6 Å². The van der Waals surface area contributed by atoms with Gasteiger partial charge >= 0.3 is 0 Å². The van der Waals surface area contributed by atoms with Crippen molar-refractivity contribution in [1.29, 1.82) is 0 Å². The summed E-state index contributed by atoms with van der Waals surface area (Å²) in [6.45, 7) is 8.72. The molecule has 5 N–H and O–H groups in total. The normalized spacial score (nSPS) is 13.2. The Morgan fingerprint density at radius 1 is 1.32 bits per heavy atom. The van der Waals surface area contributed by atoms with Crippen LogP contribution in [0.4, 0.5) is 11.6 Å². The van der Waals surface area contributed by atoms with E-state index in [2.05, 4.69) is 41.5 Å². The third-order valence-electron chi connectivity index (χ3n) is 2.65. The Morgan fingerprint density at radius 2 is 1.95 bits per heavy atom. The predicted molar refractivity (Wildman–Crippen MR) is 77.9 cm³/mol. The van der Waals surface area contributed by atoms with Gasteiger partial charge in [-0.3, -0.25) is 0 Å². The highest BCUT2D eigenvalue weighted by Gasteiger charge is 2.18. The maximum absolute atomic E-state index is 9.20. The first-order chi connectivity index (χ1) is 8.82. The van der Waals surface area contributed by atoms with E-state index in [-0.39, 0.29) is 11.5 Å². The summed E-state index contributed by atoms with van der Waals surface area (Å²) in [6, 6.07) is 1.78. The number of hydrogen-bond acceptors (Lipinski definition) is 6. The van der Waals surface area contributed by atoms with E-state index in [1.54, 1.807) is 13.0 Å². The average molecular weight is 267 g/mol. The number of aliphatic hydroxyl groups is 1. The van der Waals surface area contributed by atoms with Gasteiger partial charge in [0.15, 0.2) is 0 Å². The van der Waals surface area contributed by atoms with E-state index >= 15 is 0 Å².